The number of hydrogen-bond acceptors (Lipinski definition) is 8. The van der Waals surface area contributed by atoms with E-state index in [-0.39, 0.29) is 35.5 Å². The molecule has 4 aliphatic rings. The van der Waals surface area contributed by atoms with Crippen molar-refractivity contribution in [1.82, 2.24) is 29.5 Å². The summed E-state index contributed by atoms with van der Waals surface area (Å²) in [6, 6.07) is 13.1. The molecule has 0 spiro atoms. The molecule has 2 aromatic heterocycles. The largest absolute Gasteiger partial charge is 0.481 e. The van der Waals surface area contributed by atoms with Gasteiger partial charge >= 0.3 is 11.9 Å². The number of aliphatic carboxylic acids is 2. The Morgan fingerprint density at radius 1 is 0.911 bits per heavy atom. The van der Waals surface area contributed by atoms with Crippen LogP contribution in [0.25, 0.3) is 11.1 Å². The molecule has 14 nitrogen and oxygen atoms in total. The summed E-state index contributed by atoms with van der Waals surface area (Å²) in [5.74, 6) is -1.83. The first-order chi connectivity index (χ1) is 26.8. The predicted molar refractivity (Wildman–Crippen MR) is 209 cm³/mol. The fraction of sp³-hybridized carbons (Fsp3) is 0.476. The van der Waals surface area contributed by atoms with E-state index >= 15 is 0 Å². The lowest BCUT2D eigenvalue weighted by atomic mass is 9.80. The Kier molecular flexibility index (Phi) is 9.82. The van der Waals surface area contributed by atoms with Crippen LogP contribution in [0.15, 0.2) is 42.5 Å². The third kappa shape index (κ3) is 6.89. The molecule has 1 unspecified atom stereocenters. The van der Waals surface area contributed by atoms with Gasteiger partial charge in [0.2, 0.25) is 0 Å². The zero-order valence-electron chi connectivity index (χ0n) is 32.3. The van der Waals surface area contributed by atoms with E-state index in [9.17, 15) is 24.3 Å². The molecule has 56 heavy (non-hydrogen) atoms. The van der Waals surface area contributed by atoms with Gasteiger partial charge in [-0.15, -0.1) is 0 Å². The highest BCUT2D eigenvalue weighted by Crippen LogP contribution is 2.63. The van der Waals surface area contributed by atoms with E-state index in [0.717, 1.165) is 110 Å². The van der Waals surface area contributed by atoms with Crippen LogP contribution in [-0.4, -0.2) is 77.8 Å². The smallest absolute Gasteiger partial charge is 0.317 e. The number of aryl methyl sites for hydroxylation is 1. The third-order valence-electron chi connectivity index (χ3n) is 13.1. The number of carbonyl (C=O) groups is 4. The number of aromatic nitrogens is 4. The third-order valence-corrected chi connectivity index (χ3v) is 13.1. The Morgan fingerprint density at radius 3 is 2.23 bits per heavy atom. The Morgan fingerprint density at radius 2 is 1.59 bits per heavy atom. The van der Waals surface area contributed by atoms with Crippen molar-refractivity contribution < 1.29 is 29.4 Å². The van der Waals surface area contributed by atoms with Crippen molar-refractivity contribution in [3.63, 3.8) is 0 Å². The van der Waals surface area contributed by atoms with Crippen LogP contribution in [-0.2, 0) is 36.1 Å². The lowest BCUT2D eigenvalue weighted by Crippen LogP contribution is -2.34. The molecular formula is C42H50N8O6. The molecule has 14 heteroatoms. The highest BCUT2D eigenvalue weighted by molar-refractivity contribution is 6.05. The minimum absolute atomic E-state index is 0.142. The SMILES string of the molecule is Cc1c(NC(=O)c2cc3n(n2)CCCC3NCC(=O)O)cccc1-c1cccc(NC(=O)c2nc3c(n2C)CCN(CCC24CCC(C(=O)O)(CC2)C4)C3)c1C. The molecule has 4 aromatic rings. The molecular weight excluding hydrogens is 713 g/mol. The second-order valence-electron chi connectivity index (χ2n) is 16.4. The van der Waals surface area contributed by atoms with Crippen LogP contribution in [0.3, 0.4) is 0 Å². The van der Waals surface area contributed by atoms with E-state index in [1.165, 1.54) is 0 Å². The zero-order valence-corrected chi connectivity index (χ0v) is 32.3. The molecule has 2 amide bonds. The van der Waals surface area contributed by atoms with Gasteiger partial charge in [-0.25, -0.2) is 4.98 Å². The van der Waals surface area contributed by atoms with Crippen molar-refractivity contribution in [2.45, 2.75) is 90.8 Å². The second-order valence-corrected chi connectivity index (χ2v) is 16.4. The number of fused-ring (bicyclic) bond motifs is 4. The topological polar surface area (TPSA) is 184 Å². The number of carboxylic acids is 2. The first kappa shape index (κ1) is 37.6. The van der Waals surface area contributed by atoms with Crippen LogP contribution in [0.4, 0.5) is 11.4 Å². The lowest BCUT2D eigenvalue weighted by molar-refractivity contribution is -0.148. The molecule has 294 valence electrons. The number of nitrogens with zero attached hydrogens (tertiary/aromatic N) is 5. The number of carbonyl (C=O) groups excluding carboxylic acids is 2. The Hall–Kier alpha value is -5.34. The van der Waals surface area contributed by atoms with Gasteiger partial charge < -0.3 is 25.4 Å². The van der Waals surface area contributed by atoms with E-state index < -0.39 is 17.4 Å². The summed E-state index contributed by atoms with van der Waals surface area (Å²) in [5.41, 5.74) is 7.58. The monoisotopic (exact) mass is 762 g/mol. The van der Waals surface area contributed by atoms with Gasteiger partial charge in [-0.05, 0) is 118 Å². The molecule has 2 aliphatic heterocycles. The fourth-order valence-corrected chi connectivity index (χ4v) is 9.83. The summed E-state index contributed by atoms with van der Waals surface area (Å²) in [7, 11) is 1.90. The van der Waals surface area contributed by atoms with Gasteiger partial charge in [0.1, 0.15) is 0 Å². The number of rotatable bonds is 12. The standard InChI is InChI=1S/C42H50N8O6/c1-25-27(7-4-9-29(25)45-38(53)32-21-35-31(43-22-36(51)52)11-6-18-50(35)47-32)28-8-5-10-30(26(28)2)46-39(54)37-44-33-23-49(19-12-34(33)48(37)3)20-17-41-13-15-42(24-41,16-14-41)40(55)56/h4-5,7-10,21,31,43H,6,11-20,22-24H2,1-3H3,(H,45,53)(H,46,54)(H,51,52)(H,55,56). The molecule has 2 aliphatic carbocycles. The normalized spacial score (nSPS) is 22.7. The van der Waals surface area contributed by atoms with E-state index in [2.05, 4.69) is 25.9 Å². The van der Waals surface area contributed by atoms with Crippen molar-refractivity contribution in [3.8, 4) is 11.1 Å². The molecule has 2 fully saturated rings. The van der Waals surface area contributed by atoms with E-state index in [1.54, 1.807) is 10.7 Å². The summed E-state index contributed by atoms with van der Waals surface area (Å²) in [6.07, 6.45) is 7.80. The average Bonchev–Trinajstić information content (AvgIpc) is 3.97. The number of hydrogen-bond donors (Lipinski definition) is 5. The van der Waals surface area contributed by atoms with Crippen LogP contribution in [0, 0.1) is 24.7 Å². The highest BCUT2D eigenvalue weighted by atomic mass is 16.4. The van der Waals surface area contributed by atoms with Crippen LogP contribution >= 0.6 is 0 Å². The fourth-order valence-electron chi connectivity index (χ4n) is 9.83. The Labute approximate surface area is 325 Å². The first-order valence-corrected chi connectivity index (χ1v) is 19.7. The molecule has 0 saturated heterocycles. The maximum atomic E-state index is 13.8. The number of nitrogens with one attached hydrogen (secondary N) is 3. The van der Waals surface area contributed by atoms with Gasteiger partial charge in [0.05, 0.1) is 23.3 Å². The van der Waals surface area contributed by atoms with Crippen LogP contribution in [0.2, 0.25) is 0 Å². The van der Waals surface area contributed by atoms with Crippen LogP contribution in [0.5, 0.6) is 0 Å². The maximum absolute atomic E-state index is 13.8. The molecule has 8 rings (SSSR count). The van der Waals surface area contributed by atoms with Gasteiger partial charge in [0.15, 0.2) is 11.5 Å². The minimum atomic E-state index is -0.936. The molecule has 2 bridgehead atoms. The van der Waals surface area contributed by atoms with E-state index in [4.69, 9.17) is 10.1 Å². The van der Waals surface area contributed by atoms with Crippen molar-refractivity contribution >= 4 is 35.1 Å². The lowest BCUT2D eigenvalue weighted by Gasteiger charge is -2.32. The van der Waals surface area contributed by atoms with Gasteiger partial charge in [-0.3, -0.25) is 34.1 Å². The predicted octanol–water partition coefficient (Wildman–Crippen LogP) is 5.70. The Bertz CT molecular complexity index is 2230. The van der Waals surface area contributed by atoms with E-state index in [0.29, 0.717) is 30.3 Å². The zero-order chi connectivity index (χ0) is 39.4. The van der Waals surface area contributed by atoms with Gasteiger partial charge in [0, 0.05) is 56.2 Å². The quantitative estimate of drug-likeness (QED) is 0.120. The number of benzene rings is 2. The summed E-state index contributed by atoms with van der Waals surface area (Å²) in [4.78, 5) is 57.6. The summed E-state index contributed by atoms with van der Waals surface area (Å²) in [6.45, 7) is 6.87. The van der Waals surface area contributed by atoms with Gasteiger partial charge in [-0.2, -0.15) is 5.10 Å². The molecule has 2 aromatic carbocycles. The van der Waals surface area contributed by atoms with Crippen molar-refractivity contribution in [2.75, 3.05) is 30.3 Å². The molecule has 2 saturated carbocycles. The maximum Gasteiger partial charge on any atom is 0.317 e. The highest BCUT2D eigenvalue weighted by Gasteiger charge is 2.57. The number of amides is 2. The van der Waals surface area contributed by atoms with Crippen LogP contribution < -0.4 is 16.0 Å². The molecule has 4 heterocycles. The summed E-state index contributed by atoms with van der Waals surface area (Å²) in [5, 5.41) is 32.7. The van der Waals surface area contributed by atoms with Crippen molar-refractivity contribution in [3.05, 3.63) is 82.2 Å². The Balaban J connectivity index is 0.935. The van der Waals surface area contributed by atoms with Crippen molar-refractivity contribution in [2.24, 2.45) is 17.9 Å². The minimum Gasteiger partial charge on any atom is -0.481 e. The summed E-state index contributed by atoms with van der Waals surface area (Å²) >= 11 is 0. The van der Waals surface area contributed by atoms with E-state index in [1.807, 2.05) is 61.9 Å². The van der Waals surface area contributed by atoms with Gasteiger partial charge in [0.25, 0.3) is 11.8 Å². The first-order valence-electron chi connectivity index (χ1n) is 19.7. The van der Waals surface area contributed by atoms with Crippen molar-refractivity contribution in [1.29, 1.82) is 0 Å². The average molecular weight is 763 g/mol. The number of carboxylic acid groups (broad SMARTS) is 2. The second kappa shape index (κ2) is 14.6. The molecule has 0 radical (unpaired) electrons. The van der Waals surface area contributed by atoms with Crippen LogP contribution in [0.1, 0.15) is 107 Å². The summed E-state index contributed by atoms with van der Waals surface area (Å²) < 4.78 is 3.69. The number of imidazole rings is 1. The number of anilines is 2. The van der Waals surface area contributed by atoms with Gasteiger partial charge in [-0.1, -0.05) is 24.3 Å². The molecule has 1 atom stereocenters. The molecule has 5 N–H and O–H groups in total.